The molecule has 1 aromatic carbocycles. The number of aromatic nitrogens is 2. The molecule has 2 heterocycles. The van der Waals surface area contributed by atoms with Crippen LogP contribution in [0.2, 0.25) is 0 Å². The summed E-state index contributed by atoms with van der Waals surface area (Å²) in [6.07, 6.45) is 4.92. The molecule has 3 nitrogen and oxygen atoms in total. The minimum Gasteiger partial charge on any atom is -0.301 e. The predicted octanol–water partition coefficient (Wildman–Crippen LogP) is 5.63. The highest BCUT2D eigenvalue weighted by molar-refractivity contribution is 7.99. The van der Waals surface area contributed by atoms with Gasteiger partial charge in [0.1, 0.15) is 4.83 Å². The smallest absolute Gasteiger partial charge is 0.260 e. The van der Waals surface area contributed by atoms with Crippen molar-refractivity contribution in [2.24, 2.45) is 0 Å². The monoisotopic (exact) mass is 358 g/mol. The van der Waals surface area contributed by atoms with Gasteiger partial charge in [-0.2, -0.15) is 0 Å². The summed E-state index contributed by atoms with van der Waals surface area (Å²) < 4.78 is 0. The van der Waals surface area contributed by atoms with Crippen LogP contribution < -0.4 is 5.56 Å². The molecule has 3 aromatic rings. The van der Waals surface area contributed by atoms with Crippen molar-refractivity contribution in [1.29, 1.82) is 0 Å². The fourth-order valence-corrected chi connectivity index (χ4v) is 4.51. The van der Waals surface area contributed by atoms with Gasteiger partial charge >= 0.3 is 0 Å². The molecule has 3 rings (SSSR count). The number of H-pyrrole nitrogens is 1. The van der Waals surface area contributed by atoms with Crippen molar-refractivity contribution in [3.63, 3.8) is 0 Å². The van der Waals surface area contributed by atoms with Crippen molar-refractivity contribution in [3.05, 3.63) is 45.6 Å². The van der Waals surface area contributed by atoms with Crippen LogP contribution in [0.4, 0.5) is 0 Å². The van der Waals surface area contributed by atoms with Crippen LogP contribution in [0.5, 0.6) is 0 Å². The van der Waals surface area contributed by atoms with Crippen LogP contribution in [0, 0.1) is 6.92 Å². The van der Waals surface area contributed by atoms with Gasteiger partial charge in [0, 0.05) is 16.7 Å². The van der Waals surface area contributed by atoms with E-state index in [2.05, 4.69) is 48.1 Å². The molecule has 5 heteroatoms. The van der Waals surface area contributed by atoms with Crippen LogP contribution in [0.25, 0.3) is 21.3 Å². The van der Waals surface area contributed by atoms with Gasteiger partial charge in [-0.05, 0) is 18.9 Å². The maximum absolute atomic E-state index is 12.6. The summed E-state index contributed by atoms with van der Waals surface area (Å²) in [5.74, 6) is 1.00. The maximum Gasteiger partial charge on any atom is 0.260 e. The number of aromatic amines is 1. The summed E-state index contributed by atoms with van der Waals surface area (Å²) in [5.41, 5.74) is 3.22. The van der Waals surface area contributed by atoms with Crippen molar-refractivity contribution in [1.82, 2.24) is 9.97 Å². The molecule has 0 amide bonds. The molecule has 0 radical (unpaired) electrons. The molecule has 0 atom stereocenters. The first-order valence-corrected chi connectivity index (χ1v) is 10.3. The number of nitrogens with zero attached hydrogens (tertiary/aromatic N) is 1. The number of unbranched alkanes of at least 4 members (excludes halogenated alkanes) is 3. The first-order chi connectivity index (χ1) is 11.7. The van der Waals surface area contributed by atoms with Gasteiger partial charge in [0.05, 0.1) is 5.39 Å². The number of benzene rings is 1. The van der Waals surface area contributed by atoms with Crippen LogP contribution in [0.15, 0.2) is 39.6 Å². The molecule has 0 aliphatic rings. The second-order valence-corrected chi connectivity index (χ2v) is 7.92. The van der Waals surface area contributed by atoms with Crippen molar-refractivity contribution in [2.45, 2.75) is 44.7 Å². The molecule has 0 spiro atoms. The molecular formula is C19H22N2OS2. The molecule has 126 valence electrons. The third-order valence-corrected chi connectivity index (χ3v) is 5.85. The van der Waals surface area contributed by atoms with Gasteiger partial charge in [0.25, 0.3) is 5.56 Å². The van der Waals surface area contributed by atoms with Crippen molar-refractivity contribution < 1.29 is 0 Å². The first kappa shape index (κ1) is 17.2. The summed E-state index contributed by atoms with van der Waals surface area (Å²) in [5, 5.41) is 3.48. The molecule has 0 aliphatic carbocycles. The lowest BCUT2D eigenvalue weighted by atomic mass is 10.1. The predicted molar refractivity (Wildman–Crippen MR) is 105 cm³/mol. The first-order valence-electron chi connectivity index (χ1n) is 8.40. The van der Waals surface area contributed by atoms with Gasteiger partial charge in [0.15, 0.2) is 5.16 Å². The number of fused-ring (bicyclic) bond motifs is 1. The molecule has 0 aliphatic heterocycles. The fourth-order valence-electron chi connectivity index (χ4n) is 2.64. The minimum absolute atomic E-state index is 0.0344. The zero-order valence-corrected chi connectivity index (χ0v) is 15.7. The Morgan fingerprint density at radius 3 is 2.71 bits per heavy atom. The third-order valence-electron chi connectivity index (χ3n) is 4.02. The van der Waals surface area contributed by atoms with Gasteiger partial charge in [-0.3, -0.25) is 4.79 Å². The zero-order chi connectivity index (χ0) is 16.9. The van der Waals surface area contributed by atoms with Crippen LogP contribution in [-0.4, -0.2) is 15.7 Å². The van der Waals surface area contributed by atoms with Gasteiger partial charge < -0.3 is 4.98 Å². The third kappa shape index (κ3) is 3.90. The Bertz CT molecular complexity index is 865. The SMILES string of the molecule is CCCCCCSc1nc2scc(-c3ccc(C)cc3)c2c(=O)[nH]1. The second-order valence-electron chi connectivity index (χ2n) is 5.98. The number of thioether (sulfide) groups is 1. The summed E-state index contributed by atoms with van der Waals surface area (Å²) in [6, 6.07) is 8.27. The Balaban J connectivity index is 1.83. The summed E-state index contributed by atoms with van der Waals surface area (Å²) >= 11 is 3.19. The molecule has 2 aromatic heterocycles. The topological polar surface area (TPSA) is 45.8 Å². The van der Waals surface area contributed by atoms with Crippen molar-refractivity contribution >= 4 is 33.3 Å². The fraction of sp³-hybridized carbons (Fsp3) is 0.368. The lowest BCUT2D eigenvalue weighted by molar-refractivity contribution is 0.706. The zero-order valence-electron chi connectivity index (χ0n) is 14.1. The lowest BCUT2D eigenvalue weighted by Crippen LogP contribution is -2.08. The largest absolute Gasteiger partial charge is 0.301 e. The average molecular weight is 359 g/mol. The van der Waals surface area contributed by atoms with Crippen LogP contribution in [0.1, 0.15) is 38.2 Å². The van der Waals surface area contributed by atoms with Gasteiger partial charge in [-0.25, -0.2) is 4.98 Å². The van der Waals surface area contributed by atoms with E-state index in [-0.39, 0.29) is 5.56 Å². The summed E-state index contributed by atoms with van der Waals surface area (Å²) in [6.45, 7) is 4.27. The van der Waals surface area contributed by atoms with Crippen molar-refractivity contribution in [3.8, 4) is 11.1 Å². The summed E-state index contributed by atoms with van der Waals surface area (Å²) in [7, 11) is 0. The number of hydrogen-bond donors (Lipinski definition) is 1. The molecule has 24 heavy (non-hydrogen) atoms. The van der Waals surface area contributed by atoms with E-state index in [1.165, 1.54) is 31.2 Å². The molecule has 0 saturated carbocycles. The van der Waals surface area contributed by atoms with Gasteiger partial charge in [0.2, 0.25) is 0 Å². The van der Waals surface area contributed by atoms with E-state index in [1.54, 1.807) is 23.1 Å². The Labute approximate surface area is 150 Å². The van der Waals surface area contributed by atoms with E-state index in [0.29, 0.717) is 5.39 Å². The maximum atomic E-state index is 12.6. The molecule has 0 saturated heterocycles. The van der Waals surface area contributed by atoms with Crippen LogP contribution in [-0.2, 0) is 0 Å². The Morgan fingerprint density at radius 1 is 1.17 bits per heavy atom. The minimum atomic E-state index is -0.0344. The van der Waals surface area contributed by atoms with Crippen LogP contribution in [0.3, 0.4) is 0 Å². The molecule has 0 fully saturated rings. The average Bonchev–Trinajstić information content (AvgIpc) is 3.00. The van der Waals surface area contributed by atoms with E-state index >= 15 is 0 Å². The van der Waals surface area contributed by atoms with E-state index in [4.69, 9.17) is 0 Å². The summed E-state index contributed by atoms with van der Waals surface area (Å²) in [4.78, 5) is 21.0. The van der Waals surface area contributed by atoms with Gasteiger partial charge in [-0.1, -0.05) is 67.8 Å². The highest BCUT2D eigenvalue weighted by Crippen LogP contribution is 2.31. The highest BCUT2D eigenvalue weighted by atomic mass is 32.2. The molecular weight excluding hydrogens is 336 g/mol. The number of rotatable bonds is 7. The van der Waals surface area contributed by atoms with Gasteiger partial charge in [-0.15, -0.1) is 11.3 Å². The van der Waals surface area contributed by atoms with E-state index < -0.39 is 0 Å². The number of aryl methyl sites for hydroxylation is 1. The quantitative estimate of drug-likeness (QED) is 0.338. The van der Waals surface area contributed by atoms with Crippen LogP contribution >= 0.6 is 23.1 Å². The molecule has 1 N–H and O–H groups in total. The Morgan fingerprint density at radius 2 is 1.96 bits per heavy atom. The van der Waals surface area contributed by atoms with Crippen molar-refractivity contribution in [2.75, 3.05) is 5.75 Å². The van der Waals surface area contributed by atoms with E-state index in [9.17, 15) is 4.79 Å². The highest BCUT2D eigenvalue weighted by Gasteiger charge is 2.13. The standard InChI is InChI=1S/C19H22N2OS2/c1-3-4-5-6-11-23-19-20-17(22)16-15(12-24-18(16)21-19)14-9-7-13(2)8-10-14/h7-10,12H,3-6,11H2,1-2H3,(H,20,21,22). The molecule has 0 unspecified atom stereocenters. The Hall–Kier alpha value is -1.59. The normalized spacial score (nSPS) is 11.2. The lowest BCUT2D eigenvalue weighted by Gasteiger charge is -2.03. The number of thiophene rings is 1. The second kappa shape index (κ2) is 7.99. The van der Waals surface area contributed by atoms with E-state index in [0.717, 1.165) is 26.9 Å². The number of nitrogens with one attached hydrogen (secondary N) is 1. The Kier molecular flexibility index (Phi) is 5.74. The molecule has 0 bridgehead atoms. The van der Waals surface area contributed by atoms with E-state index in [1.807, 2.05) is 5.38 Å². The number of hydrogen-bond acceptors (Lipinski definition) is 4.